The molecule has 0 radical (unpaired) electrons. The zero-order chi connectivity index (χ0) is 12.0. The average molecular weight is 224 g/mol. The van der Waals surface area contributed by atoms with Gasteiger partial charge in [0.1, 0.15) is 5.41 Å². The fraction of sp³-hybridized carbons (Fsp3) is 0.833. The maximum atomic E-state index is 12.0. The Kier molecular flexibility index (Phi) is 4.75. The molecule has 0 aromatic heterocycles. The highest BCUT2D eigenvalue weighted by atomic mass is 16.3. The molecule has 1 aliphatic rings. The molecule has 1 aliphatic carbocycles. The van der Waals surface area contributed by atoms with E-state index in [-0.39, 0.29) is 18.4 Å². The summed E-state index contributed by atoms with van der Waals surface area (Å²) in [4.78, 5) is 12.0. The minimum Gasteiger partial charge on any atom is -0.396 e. The van der Waals surface area contributed by atoms with Crippen molar-refractivity contribution in [1.82, 2.24) is 5.32 Å². The molecule has 4 heteroatoms. The average Bonchev–Trinajstić information content (AvgIpc) is 2.36. The first kappa shape index (κ1) is 13.0. The molecule has 0 aliphatic heterocycles. The van der Waals surface area contributed by atoms with Crippen LogP contribution in [0.1, 0.15) is 39.0 Å². The molecular formula is C12H20N2O2. The summed E-state index contributed by atoms with van der Waals surface area (Å²) in [5, 5.41) is 20.8. The lowest BCUT2D eigenvalue weighted by molar-refractivity contribution is -0.129. The molecule has 2 N–H and O–H groups in total. The van der Waals surface area contributed by atoms with Gasteiger partial charge in [0.2, 0.25) is 5.91 Å². The van der Waals surface area contributed by atoms with Crippen molar-refractivity contribution in [2.45, 2.75) is 39.0 Å². The number of hydrogen-bond acceptors (Lipinski definition) is 3. The molecule has 16 heavy (non-hydrogen) atoms. The Bertz CT molecular complexity index is 277. The van der Waals surface area contributed by atoms with Crippen LogP contribution in [0.3, 0.4) is 0 Å². The third-order valence-electron chi connectivity index (χ3n) is 3.28. The molecule has 0 heterocycles. The van der Waals surface area contributed by atoms with Crippen molar-refractivity contribution in [2.24, 2.45) is 11.3 Å². The Morgan fingerprint density at radius 3 is 2.62 bits per heavy atom. The van der Waals surface area contributed by atoms with Crippen LogP contribution >= 0.6 is 0 Å². The molecular weight excluding hydrogens is 204 g/mol. The van der Waals surface area contributed by atoms with Crippen LogP contribution in [-0.4, -0.2) is 24.2 Å². The summed E-state index contributed by atoms with van der Waals surface area (Å²) in [5.74, 6) is -0.113. The minimum absolute atomic E-state index is 0.0447. The minimum atomic E-state index is -0.812. The van der Waals surface area contributed by atoms with Crippen LogP contribution in [-0.2, 0) is 4.79 Å². The van der Waals surface area contributed by atoms with Gasteiger partial charge in [0.05, 0.1) is 6.07 Å². The van der Waals surface area contributed by atoms with E-state index in [2.05, 4.69) is 11.4 Å². The number of amides is 1. The second kappa shape index (κ2) is 5.86. The lowest BCUT2D eigenvalue weighted by atomic mass is 9.74. The Morgan fingerprint density at radius 1 is 1.50 bits per heavy atom. The Morgan fingerprint density at radius 2 is 2.12 bits per heavy atom. The largest absolute Gasteiger partial charge is 0.396 e. The van der Waals surface area contributed by atoms with Gasteiger partial charge in [0.25, 0.3) is 0 Å². The molecule has 1 amide bonds. The number of nitrogens with zero attached hydrogens (tertiary/aromatic N) is 1. The van der Waals surface area contributed by atoms with Crippen molar-refractivity contribution >= 4 is 5.91 Å². The predicted octanol–water partition coefficient (Wildman–Crippen LogP) is 1.21. The van der Waals surface area contributed by atoms with Crippen molar-refractivity contribution < 1.29 is 9.90 Å². The second-order valence-corrected chi connectivity index (χ2v) is 4.75. The van der Waals surface area contributed by atoms with Crippen molar-refractivity contribution in [1.29, 1.82) is 5.26 Å². The van der Waals surface area contributed by atoms with Crippen LogP contribution in [0.4, 0.5) is 0 Å². The highest BCUT2D eigenvalue weighted by Crippen LogP contribution is 2.35. The summed E-state index contributed by atoms with van der Waals surface area (Å²) in [6.45, 7) is 2.36. The number of rotatable bonds is 4. The lowest BCUT2D eigenvalue weighted by Crippen LogP contribution is -2.43. The van der Waals surface area contributed by atoms with Gasteiger partial charge in [-0.15, -0.1) is 0 Å². The van der Waals surface area contributed by atoms with Gasteiger partial charge in [0, 0.05) is 13.2 Å². The Labute approximate surface area is 96.6 Å². The van der Waals surface area contributed by atoms with E-state index in [4.69, 9.17) is 5.11 Å². The van der Waals surface area contributed by atoms with Crippen LogP contribution in [0.25, 0.3) is 0 Å². The highest BCUT2D eigenvalue weighted by molar-refractivity contribution is 5.85. The van der Waals surface area contributed by atoms with Crippen LogP contribution < -0.4 is 5.32 Å². The number of nitriles is 1. The zero-order valence-electron chi connectivity index (χ0n) is 9.83. The maximum Gasteiger partial charge on any atom is 0.240 e. The van der Waals surface area contributed by atoms with Crippen LogP contribution in [0.2, 0.25) is 0 Å². The van der Waals surface area contributed by atoms with Gasteiger partial charge >= 0.3 is 0 Å². The van der Waals surface area contributed by atoms with E-state index in [0.717, 1.165) is 19.3 Å². The molecule has 0 aromatic carbocycles. The normalized spacial score (nSPS) is 20.8. The lowest BCUT2D eigenvalue weighted by Gasteiger charge is -2.29. The standard InChI is InChI=1S/C12H20N2O2/c1-10(8-15)7-14-11(16)12(9-13)5-3-2-4-6-12/h10,15H,2-8H2,1H3,(H,14,16). The molecule has 90 valence electrons. The van der Waals surface area contributed by atoms with Crippen LogP contribution in [0, 0.1) is 22.7 Å². The van der Waals surface area contributed by atoms with Gasteiger partial charge in [-0.1, -0.05) is 26.2 Å². The number of nitrogens with one attached hydrogen (secondary N) is 1. The summed E-state index contributed by atoms with van der Waals surface area (Å²) < 4.78 is 0. The SMILES string of the molecule is CC(CO)CNC(=O)C1(C#N)CCCCC1. The third-order valence-corrected chi connectivity index (χ3v) is 3.28. The third kappa shape index (κ3) is 2.96. The number of hydrogen-bond donors (Lipinski definition) is 2. The molecule has 1 atom stereocenters. The number of aliphatic hydroxyl groups excluding tert-OH is 1. The number of carbonyl (C=O) groups is 1. The molecule has 1 saturated carbocycles. The van der Waals surface area contributed by atoms with Gasteiger partial charge in [-0.3, -0.25) is 4.79 Å². The topological polar surface area (TPSA) is 73.1 Å². The van der Waals surface area contributed by atoms with Crippen molar-refractivity contribution in [3.05, 3.63) is 0 Å². The predicted molar refractivity (Wildman–Crippen MR) is 60.4 cm³/mol. The summed E-state index contributed by atoms with van der Waals surface area (Å²) >= 11 is 0. The number of carbonyl (C=O) groups excluding carboxylic acids is 1. The Balaban J connectivity index is 2.53. The van der Waals surface area contributed by atoms with Gasteiger partial charge in [-0.05, 0) is 18.8 Å². The monoisotopic (exact) mass is 224 g/mol. The van der Waals surface area contributed by atoms with Crippen molar-refractivity contribution in [3.63, 3.8) is 0 Å². The maximum absolute atomic E-state index is 12.0. The molecule has 0 bridgehead atoms. The molecule has 1 rings (SSSR count). The van der Waals surface area contributed by atoms with Crippen LogP contribution in [0.5, 0.6) is 0 Å². The molecule has 1 fully saturated rings. The van der Waals surface area contributed by atoms with Gasteiger partial charge in [0.15, 0.2) is 0 Å². The first-order valence-corrected chi connectivity index (χ1v) is 5.95. The summed E-state index contributed by atoms with van der Waals surface area (Å²) in [7, 11) is 0. The zero-order valence-corrected chi connectivity index (χ0v) is 9.83. The van der Waals surface area contributed by atoms with E-state index < -0.39 is 5.41 Å². The molecule has 0 saturated heterocycles. The summed E-state index contributed by atoms with van der Waals surface area (Å²) in [6, 6.07) is 2.18. The first-order chi connectivity index (χ1) is 7.64. The highest BCUT2D eigenvalue weighted by Gasteiger charge is 2.39. The smallest absolute Gasteiger partial charge is 0.240 e. The van der Waals surface area contributed by atoms with Gasteiger partial charge in [-0.25, -0.2) is 0 Å². The number of aliphatic hydroxyl groups is 1. The van der Waals surface area contributed by atoms with Gasteiger partial charge in [-0.2, -0.15) is 5.26 Å². The van der Waals surface area contributed by atoms with Crippen LogP contribution in [0.15, 0.2) is 0 Å². The quantitative estimate of drug-likeness (QED) is 0.753. The molecule has 1 unspecified atom stereocenters. The molecule has 4 nitrogen and oxygen atoms in total. The van der Waals surface area contributed by atoms with E-state index in [1.807, 2.05) is 6.92 Å². The van der Waals surface area contributed by atoms with E-state index in [0.29, 0.717) is 19.4 Å². The fourth-order valence-electron chi connectivity index (χ4n) is 2.05. The van der Waals surface area contributed by atoms with E-state index >= 15 is 0 Å². The molecule has 0 spiro atoms. The fourth-order valence-corrected chi connectivity index (χ4v) is 2.05. The second-order valence-electron chi connectivity index (χ2n) is 4.75. The van der Waals surface area contributed by atoms with Gasteiger partial charge < -0.3 is 10.4 Å². The molecule has 0 aromatic rings. The summed E-state index contributed by atoms with van der Waals surface area (Å²) in [6.07, 6.45) is 4.36. The van der Waals surface area contributed by atoms with E-state index in [1.165, 1.54) is 0 Å². The van der Waals surface area contributed by atoms with E-state index in [1.54, 1.807) is 0 Å². The van der Waals surface area contributed by atoms with Crippen molar-refractivity contribution in [2.75, 3.05) is 13.2 Å². The first-order valence-electron chi connectivity index (χ1n) is 5.95. The van der Waals surface area contributed by atoms with E-state index in [9.17, 15) is 10.1 Å². The van der Waals surface area contributed by atoms with Crippen molar-refractivity contribution in [3.8, 4) is 6.07 Å². The Hall–Kier alpha value is -1.08. The summed E-state index contributed by atoms with van der Waals surface area (Å²) in [5.41, 5.74) is -0.812.